The molecule has 6 heterocycles. The Kier molecular flexibility index (Phi) is 7.27. The fourth-order valence-corrected chi connectivity index (χ4v) is 6.23. The zero-order valence-corrected chi connectivity index (χ0v) is 26.7. The summed E-state index contributed by atoms with van der Waals surface area (Å²) in [4.78, 5) is 52.8. The molecule has 4 amide bonds. The van der Waals surface area contributed by atoms with E-state index in [9.17, 15) is 19.2 Å². The lowest BCUT2D eigenvalue weighted by atomic mass is 9.80. The normalized spacial score (nSPS) is 24.8. The van der Waals surface area contributed by atoms with Gasteiger partial charge < -0.3 is 9.47 Å². The van der Waals surface area contributed by atoms with Gasteiger partial charge in [-0.1, -0.05) is 47.6 Å². The van der Waals surface area contributed by atoms with Gasteiger partial charge in [0.15, 0.2) is 17.3 Å². The molecular weight excluding hydrogens is 584 g/mol. The van der Waals surface area contributed by atoms with E-state index in [4.69, 9.17) is 19.7 Å². The molecule has 4 aliphatic heterocycles. The number of carbonyl (C=O) groups excluding carboxylic acids is 4. The van der Waals surface area contributed by atoms with Gasteiger partial charge in [0.05, 0.1) is 29.4 Å². The van der Waals surface area contributed by atoms with E-state index in [1.54, 1.807) is 23.4 Å². The molecule has 2 aromatic rings. The Hall–Kier alpha value is -4.31. The van der Waals surface area contributed by atoms with Crippen molar-refractivity contribution in [2.45, 2.75) is 79.1 Å². The lowest BCUT2D eigenvalue weighted by Crippen LogP contribution is -2.55. The first-order chi connectivity index (χ1) is 21.1. The van der Waals surface area contributed by atoms with E-state index in [0.29, 0.717) is 17.3 Å². The fourth-order valence-electron chi connectivity index (χ4n) is 6.23. The number of nitrogens with one attached hydrogen (secondary N) is 1. The summed E-state index contributed by atoms with van der Waals surface area (Å²) in [6.45, 7) is 15.1. The van der Waals surface area contributed by atoms with Crippen LogP contribution in [0.1, 0.15) is 73.0 Å². The van der Waals surface area contributed by atoms with Gasteiger partial charge in [-0.3, -0.25) is 34.4 Å². The van der Waals surface area contributed by atoms with Gasteiger partial charge in [0.25, 0.3) is 23.6 Å². The number of carbonyl (C=O) groups is 4. The summed E-state index contributed by atoms with van der Waals surface area (Å²) in [6.07, 6.45) is 1.63. The van der Waals surface area contributed by atoms with Crippen molar-refractivity contribution in [3.8, 4) is 0 Å². The molecule has 0 spiro atoms. The van der Waals surface area contributed by atoms with Crippen molar-refractivity contribution in [1.29, 1.82) is 0 Å². The molecule has 2 saturated heterocycles. The second-order valence-corrected chi connectivity index (χ2v) is 13.8. The van der Waals surface area contributed by atoms with Crippen LogP contribution in [0.25, 0.3) is 11.7 Å². The summed E-state index contributed by atoms with van der Waals surface area (Å²) < 4.78 is 11.8. The van der Waals surface area contributed by atoms with Crippen LogP contribution in [0.5, 0.6) is 0 Å². The van der Waals surface area contributed by atoms with E-state index in [1.165, 1.54) is 4.90 Å². The summed E-state index contributed by atoms with van der Waals surface area (Å²) in [6, 6.07) is -1.38. The van der Waals surface area contributed by atoms with Crippen LogP contribution in [-0.4, -0.2) is 108 Å². The first kappa shape index (κ1) is 30.7. The number of aromatic nitrogens is 4. The number of amidine groups is 1. The van der Waals surface area contributed by atoms with Crippen LogP contribution in [0.15, 0.2) is 10.2 Å². The van der Waals surface area contributed by atoms with E-state index in [1.807, 2.05) is 20.8 Å². The Bertz CT molecular complexity index is 1680. The van der Waals surface area contributed by atoms with Crippen LogP contribution in [0.4, 0.5) is 0 Å². The monoisotopic (exact) mass is 622 g/mol. The summed E-state index contributed by atoms with van der Waals surface area (Å²) in [7, 11) is 0. The molecule has 16 heteroatoms. The molecule has 240 valence electrons. The molecule has 0 radical (unpaired) electrons. The number of fused-ring (bicyclic) bond motifs is 2. The van der Waals surface area contributed by atoms with Crippen LogP contribution in [0.3, 0.4) is 0 Å². The fraction of sp³-hybridized carbons (Fsp3) is 0.621. The minimum atomic E-state index is -0.715. The highest BCUT2D eigenvalue weighted by Gasteiger charge is 2.48. The van der Waals surface area contributed by atoms with Crippen molar-refractivity contribution in [3.63, 3.8) is 0 Å². The minimum Gasteiger partial charge on any atom is -0.362 e. The summed E-state index contributed by atoms with van der Waals surface area (Å²) in [5, 5.41) is 25.8. The van der Waals surface area contributed by atoms with Crippen molar-refractivity contribution in [2.75, 3.05) is 26.4 Å². The molecule has 2 aromatic heterocycles. The van der Waals surface area contributed by atoms with Gasteiger partial charge in [-0.15, -0.1) is 10.2 Å². The topological polar surface area (TPSA) is 176 Å². The molecule has 2 fully saturated rings. The molecule has 0 saturated carbocycles. The van der Waals surface area contributed by atoms with E-state index >= 15 is 0 Å². The Morgan fingerprint density at radius 1 is 0.822 bits per heavy atom. The first-order valence-electron chi connectivity index (χ1n) is 14.9. The van der Waals surface area contributed by atoms with Gasteiger partial charge >= 0.3 is 0 Å². The lowest BCUT2D eigenvalue weighted by Gasteiger charge is -2.32. The van der Waals surface area contributed by atoms with Gasteiger partial charge in [0, 0.05) is 16.0 Å². The zero-order valence-electron chi connectivity index (χ0n) is 26.7. The highest BCUT2D eigenvalue weighted by atomic mass is 16.5. The number of hydrogen-bond acceptors (Lipinski definition) is 13. The van der Waals surface area contributed by atoms with Crippen LogP contribution < -0.4 is 10.6 Å². The largest absolute Gasteiger partial charge is 0.362 e. The smallest absolute Gasteiger partial charge is 0.255 e. The van der Waals surface area contributed by atoms with Gasteiger partial charge in [-0.2, -0.15) is 19.8 Å². The predicted octanol–water partition coefficient (Wildman–Crippen LogP) is -0.282. The van der Waals surface area contributed by atoms with E-state index in [-0.39, 0.29) is 37.8 Å². The molecule has 4 aliphatic rings. The third-order valence-electron chi connectivity index (χ3n) is 8.37. The molecule has 4 atom stereocenters. The highest BCUT2D eigenvalue weighted by molar-refractivity contribution is 6.06. The van der Waals surface area contributed by atoms with Crippen molar-refractivity contribution in [3.05, 3.63) is 16.7 Å². The second-order valence-electron chi connectivity index (χ2n) is 13.8. The van der Waals surface area contributed by atoms with Crippen molar-refractivity contribution < 1.29 is 28.7 Å². The molecular formula is C29H38N10O6. The molecule has 4 unspecified atom stereocenters. The van der Waals surface area contributed by atoms with E-state index in [2.05, 4.69) is 47.6 Å². The average molecular weight is 623 g/mol. The van der Waals surface area contributed by atoms with Gasteiger partial charge in [-0.05, 0) is 13.8 Å². The zero-order chi connectivity index (χ0) is 32.6. The molecule has 0 bridgehead atoms. The Labute approximate surface area is 259 Å². The Balaban J connectivity index is 1.42. The summed E-state index contributed by atoms with van der Waals surface area (Å²) in [5.41, 5.74) is 4.51. The molecule has 45 heavy (non-hydrogen) atoms. The van der Waals surface area contributed by atoms with Crippen molar-refractivity contribution >= 4 is 46.9 Å². The number of imide groups is 2. The number of morpholine rings is 2. The van der Waals surface area contributed by atoms with E-state index in [0.717, 1.165) is 21.5 Å². The standard InChI is InChI=1S/C29H38N10O6/c1-14(36-18(40)10-44-11-19(36)41)24-30-32-26-16(22(28(3,4)5)34-38(24)26)9-17-23(29(6,7)8)35-39-25(31-33-27(17)39)15(2)37-20(42)12-45-13-21(37)43/h9,14-16,26,32H,10-13H2,1-8H3. The lowest BCUT2D eigenvalue weighted by molar-refractivity contribution is -0.162. The van der Waals surface area contributed by atoms with Crippen LogP contribution >= 0.6 is 0 Å². The summed E-state index contributed by atoms with van der Waals surface area (Å²) in [5.74, 6) is -1.26. The molecule has 6 rings (SSSR count). The number of hydrazone groups is 2. The molecule has 16 nitrogen and oxygen atoms in total. The highest BCUT2D eigenvalue weighted by Crippen LogP contribution is 2.36. The van der Waals surface area contributed by atoms with Crippen LogP contribution in [0.2, 0.25) is 0 Å². The van der Waals surface area contributed by atoms with Crippen molar-refractivity contribution in [1.82, 2.24) is 40.0 Å². The van der Waals surface area contributed by atoms with Crippen molar-refractivity contribution in [2.24, 2.45) is 21.5 Å². The van der Waals surface area contributed by atoms with Gasteiger partial charge in [0.1, 0.15) is 32.6 Å². The number of ether oxygens (including phenoxy) is 2. The summed E-state index contributed by atoms with van der Waals surface area (Å²) >= 11 is 0. The number of hydrogen-bond donors (Lipinski definition) is 1. The number of rotatable bonds is 5. The number of amides is 4. The van der Waals surface area contributed by atoms with Crippen LogP contribution in [0, 0.1) is 11.3 Å². The third-order valence-corrected chi connectivity index (χ3v) is 8.37. The predicted molar refractivity (Wildman–Crippen MR) is 159 cm³/mol. The SMILES string of the molecule is CC(C1=NNC2C(C=c3c(C(C)(C)C)nn4c(C(C)N5C(=O)COCC5=O)nnc34)C(C(C)(C)C)=NN12)N1C(=O)COCC1=O. The maximum atomic E-state index is 12.6. The molecule has 1 N–H and O–H groups in total. The van der Waals surface area contributed by atoms with Gasteiger partial charge in [0.2, 0.25) is 0 Å². The third kappa shape index (κ3) is 5.05. The van der Waals surface area contributed by atoms with Gasteiger partial charge in [-0.25, -0.2) is 5.01 Å². The molecule has 0 aromatic carbocycles. The quantitative estimate of drug-likeness (QED) is 0.434. The maximum absolute atomic E-state index is 12.6. The average Bonchev–Trinajstić information content (AvgIpc) is 3.69. The Morgan fingerprint density at radius 3 is 1.91 bits per heavy atom. The van der Waals surface area contributed by atoms with E-state index < -0.39 is 47.3 Å². The Morgan fingerprint density at radius 2 is 1.38 bits per heavy atom. The molecule has 0 aliphatic carbocycles. The second kappa shape index (κ2) is 10.7. The van der Waals surface area contributed by atoms with Crippen LogP contribution in [-0.2, 0) is 34.1 Å². The minimum absolute atomic E-state index is 0.171. The number of nitrogens with zero attached hydrogens (tertiary/aromatic N) is 9. The first-order valence-corrected chi connectivity index (χ1v) is 14.9. The maximum Gasteiger partial charge on any atom is 0.255 e.